The number of hydrogen-bond donors (Lipinski definition) is 2. The Labute approximate surface area is 248 Å². The maximum absolute atomic E-state index is 12.0. The molecule has 0 saturated carbocycles. The molecule has 3 atom stereocenters. The third-order valence-corrected chi connectivity index (χ3v) is 8.62. The summed E-state index contributed by atoms with van der Waals surface area (Å²) >= 11 is 6.25. The zero-order valence-electron chi connectivity index (χ0n) is 23.9. The van der Waals surface area contributed by atoms with Crippen LogP contribution in [0.1, 0.15) is 67.8 Å². The number of pyridine rings is 1. The lowest BCUT2D eigenvalue weighted by Gasteiger charge is -2.44. The molecule has 1 aromatic heterocycles. The number of likely N-dealkylation sites (tertiary alicyclic amines) is 1. The summed E-state index contributed by atoms with van der Waals surface area (Å²) in [6.45, 7) is 6.95. The summed E-state index contributed by atoms with van der Waals surface area (Å²) in [4.78, 5) is 18.6. The highest BCUT2D eigenvalue weighted by Crippen LogP contribution is 2.40. The van der Waals surface area contributed by atoms with Gasteiger partial charge in [0.25, 0.3) is 0 Å². The number of aromatic nitrogens is 1. The number of hydrogen-bond acceptors (Lipinski definition) is 3. The normalized spacial score (nSPS) is 18.2. The molecule has 4 aromatic rings. The largest absolute Gasteiger partial charge is 0.465 e. The van der Waals surface area contributed by atoms with Crippen molar-refractivity contribution in [3.63, 3.8) is 0 Å². The van der Waals surface area contributed by atoms with Crippen molar-refractivity contribution < 1.29 is 9.90 Å². The second-order valence-corrected chi connectivity index (χ2v) is 12.6. The fourth-order valence-electron chi connectivity index (χ4n) is 6.14. The Morgan fingerprint density at radius 3 is 2.51 bits per heavy atom. The number of halogens is 1. The van der Waals surface area contributed by atoms with Gasteiger partial charge in [0.2, 0.25) is 0 Å². The molecule has 5 nitrogen and oxygen atoms in total. The van der Waals surface area contributed by atoms with E-state index in [0.29, 0.717) is 23.2 Å². The summed E-state index contributed by atoms with van der Waals surface area (Å²) in [6, 6.07) is 29.0. The van der Waals surface area contributed by atoms with Crippen LogP contribution in [-0.2, 0) is 6.42 Å². The Morgan fingerprint density at radius 2 is 1.83 bits per heavy atom. The molecule has 5 rings (SSSR count). The Kier molecular flexibility index (Phi) is 8.37. The molecular weight excluding hydrogens is 530 g/mol. The molecule has 3 aromatic carbocycles. The molecule has 0 spiro atoms. The molecule has 1 amide bonds. The summed E-state index contributed by atoms with van der Waals surface area (Å²) in [5, 5.41) is 10.5. The fraction of sp³-hybridized carbons (Fsp3) is 0.314. The molecule has 2 heterocycles. The standard InChI is InChI=1S/C35H38ClN3O2/c1-35(2,3)33-20-25(16-17-39(33)34(40)41)24-10-7-11-26(19-24)30(18-23-8-5-4-6-9-23)32-15-12-27(22-38-32)29-21-28(36)13-14-31(29)37/h4-15,19,21-22,25,30,33H,16-18,20,37H2,1-3H3,(H,40,41). The van der Waals surface area contributed by atoms with E-state index < -0.39 is 6.09 Å². The van der Waals surface area contributed by atoms with Gasteiger partial charge in [-0.1, -0.05) is 93.0 Å². The van der Waals surface area contributed by atoms with E-state index in [1.54, 1.807) is 11.0 Å². The van der Waals surface area contributed by atoms with Gasteiger partial charge >= 0.3 is 6.09 Å². The van der Waals surface area contributed by atoms with Crippen LogP contribution in [0, 0.1) is 5.41 Å². The maximum atomic E-state index is 12.0. The van der Waals surface area contributed by atoms with Crippen molar-refractivity contribution in [2.75, 3.05) is 12.3 Å². The Balaban J connectivity index is 1.48. The molecular formula is C35H38ClN3O2. The number of piperidine rings is 1. The van der Waals surface area contributed by atoms with Gasteiger partial charge in [0.15, 0.2) is 0 Å². The van der Waals surface area contributed by atoms with Crippen LogP contribution in [0.15, 0.2) is 91.1 Å². The number of rotatable bonds is 6. The lowest BCUT2D eigenvalue weighted by molar-refractivity contribution is 0.0526. The number of nitrogens with zero attached hydrogens (tertiary/aromatic N) is 2. The minimum Gasteiger partial charge on any atom is -0.465 e. The Bertz CT molecular complexity index is 1500. The second-order valence-electron chi connectivity index (χ2n) is 12.2. The van der Waals surface area contributed by atoms with Crippen LogP contribution in [0.4, 0.5) is 10.5 Å². The fourth-order valence-corrected chi connectivity index (χ4v) is 6.31. The highest BCUT2D eigenvalue weighted by atomic mass is 35.5. The Morgan fingerprint density at radius 1 is 1.05 bits per heavy atom. The summed E-state index contributed by atoms with van der Waals surface area (Å²) in [7, 11) is 0. The molecule has 1 aliphatic rings. The number of benzene rings is 3. The quantitative estimate of drug-likeness (QED) is 0.228. The van der Waals surface area contributed by atoms with Crippen LogP contribution in [0.2, 0.25) is 5.02 Å². The van der Waals surface area contributed by atoms with Gasteiger partial charge in [0.1, 0.15) is 0 Å². The van der Waals surface area contributed by atoms with E-state index in [4.69, 9.17) is 22.3 Å². The van der Waals surface area contributed by atoms with Crippen molar-refractivity contribution in [3.05, 3.63) is 119 Å². The molecule has 1 aliphatic heterocycles. The predicted molar refractivity (Wildman–Crippen MR) is 167 cm³/mol. The number of carbonyl (C=O) groups is 1. The third-order valence-electron chi connectivity index (χ3n) is 8.38. The van der Waals surface area contributed by atoms with Crippen molar-refractivity contribution in [1.82, 2.24) is 9.88 Å². The zero-order chi connectivity index (χ0) is 29.1. The number of nitrogens with two attached hydrogens (primary N) is 1. The molecule has 41 heavy (non-hydrogen) atoms. The molecule has 1 fully saturated rings. The second kappa shape index (κ2) is 12.0. The Hall–Kier alpha value is -3.83. The topological polar surface area (TPSA) is 79.5 Å². The molecule has 1 saturated heterocycles. The van der Waals surface area contributed by atoms with E-state index in [1.165, 1.54) is 16.7 Å². The van der Waals surface area contributed by atoms with E-state index in [1.807, 2.05) is 24.4 Å². The van der Waals surface area contributed by atoms with E-state index in [2.05, 4.69) is 81.4 Å². The first-order chi connectivity index (χ1) is 19.6. The monoisotopic (exact) mass is 567 g/mol. The van der Waals surface area contributed by atoms with Crippen LogP contribution < -0.4 is 5.73 Å². The molecule has 6 heteroatoms. The first-order valence-corrected chi connectivity index (χ1v) is 14.6. The van der Waals surface area contributed by atoms with Crippen LogP contribution in [0.25, 0.3) is 11.1 Å². The van der Waals surface area contributed by atoms with Gasteiger partial charge in [-0.3, -0.25) is 4.98 Å². The molecule has 3 N–H and O–H groups in total. The lowest BCUT2D eigenvalue weighted by Crippen LogP contribution is -2.51. The van der Waals surface area contributed by atoms with Crippen molar-refractivity contribution in [3.8, 4) is 11.1 Å². The maximum Gasteiger partial charge on any atom is 0.407 e. The van der Waals surface area contributed by atoms with E-state index in [0.717, 1.165) is 36.1 Å². The average Bonchev–Trinajstić information content (AvgIpc) is 2.97. The first-order valence-electron chi connectivity index (χ1n) is 14.2. The molecule has 0 bridgehead atoms. The van der Waals surface area contributed by atoms with Crippen molar-refractivity contribution in [2.24, 2.45) is 5.41 Å². The number of amides is 1. The van der Waals surface area contributed by atoms with Gasteiger partial charge < -0.3 is 15.7 Å². The van der Waals surface area contributed by atoms with Gasteiger partial charge in [-0.2, -0.15) is 0 Å². The molecule has 212 valence electrons. The smallest absolute Gasteiger partial charge is 0.407 e. The molecule has 0 aliphatic carbocycles. The van der Waals surface area contributed by atoms with E-state index >= 15 is 0 Å². The van der Waals surface area contributed by atoms with Crippen molar-refractivity contribution >= 4 is 23.4 Å². The highest BCUT2D eigenvalue weighted by molar-refractivity contribution is 6.31. The van der Waals surface area contributed by atoms with Crippen molar-refractivity contribution in [1.29, 1.82) is 0 Å². The van der Waals surface area contributed by atoms with Gasteiger partial charge in [0.05, 0.1) is 0 Å². The summed E-state index contributed by atoms with van der Waals surface area (Å²) in [6.07, 6.45) is 3.51. The first kappa shape index (κ1) is 28.7. The number of anilines is 1. The molecule has 3 unspecified atom stereocenters. The van der Waals surface area contributed by atoms with Gasteiger partial charge in [-0.05, 0) is 71.6 Å². The van der Waals surface area contributed by atoms with E-state index in [9.17, 15) is 9.90 Å². The van der Waals surface area contributed by atoms with E-state index in [-0.39, 0.29) is 17.4 Å². The SMILES string of the molecule is CC(C)(C)C1CC(c2cccc(C(Cc3ccccc3)c3ccc(-c4cc(Cl)ccc4N)cn3)c2)CCN1C(=O)O. The van der Waals surface area contributed by atoms with Crippen LogP contribution >= 0.6 is 11.6 Å². The third kappa shape index (κ3) is 6.57. The van der Waals surface area contributed by atoms with Crippen molar-refractivity contribution in [2.45, 2.75) is 57.9 Å². The lowest BCUT2D eigenvalue weighted by atomic mass is 9.74. The van der Waals surface area contributed by atoms with Gasteiger partial charge in [-0.25, -0.2) is 4.79 Å². The minimum absolute atomic E-state index is 0.0318. The average molecular weight is 568 g/mol. The van der Waals surface area contributed by atoms with Crippen LogP contribution in [0.3, 0.4) is 0 Å². The summed E-state index contributed by atoms with van der Waals surface area (Å²) in [5.41, 5.74) is 13.3. The highest BCUT2D eigenvalue weighted by Gasteiger charge is 2.39. The zero-order valence-corrected chi connectivity index (χ0v) is 24.7. The summed E-state index contributed by atoms with van der Waals surface area (Å²) < 4.78 is 0. The number of nitrogen functional groups attached to an aromatic ring is 1. The predicted octanol–water partition coefficient (Wildman–Crippen LogP) is 8.63. The summed E-state index contributed by atoms with van der Waals surface area (Å²) in [5.74, 6) is 0.355. The van der Waals surface area contributed by atoms with Crippen LogP contribution in [0.5, 0.6) is 0 Å². The molecule has 0 radical (unpaired) electrons. The minimum atomic E-state index is -0.825. The van der Waals surface area contributed by atoms with Gasteiger partial charge in [-0.15, -0.1) is 0 Å². The van der Waals surface area contributed by atoms with Gasteiger partial charge in [0, 0.05) is 52.2 Å². The van der Waals surface area contributed by atoms with Crippen LogP contribution in [-0.4, -0.2) is 33.7 Å². The number of carboxylic acid groups (broad SMARTS) is 1.